The van der Waals surface area contributed by atoms with Crippen molar-refractivity contribution >= 4 is 34.0 Å². The highest BCUT2D eigenvalue weighted by atomic mass is 35.5. The van der Waals surface area contributed by atoms with Crippen LogP contribution in [0.4, 0.5) is 10.1 Å². The molecule has 2 atom stereocenters. The van der Waals surface area contributed by atoms with Crippen LogP contribution < -0.4 is 15.4 Å². The fourth-order valence-corrected chi connectivity index (χ4v) is 4.11. The fourth-order valence-electron chi connectivity index (χ4n) is 3.05. The number of nitrogens with one attached hydrogen (secondary N) is 3. The molecule has 152 valence electrons. The first-order valence-corrected chi connectivity index (χ1v) is 10.2. The lowest BCUT2D eigenvalue weighted by Crippen LogP contribution is -2.46. The average molecular weight is 428 g/mol. The molecule has 0 spiro atoms. The normalized spacial score (nSPS) is 19.4. The van der Waals surface area contributed by atoms with Crippen molar-refractivity contribution in [3.63, 3.8) is 0 Å². The van der Waals surface area contributed by atoms with Crippen molar-refractivity contribution < 1.29 is 17.6 Å². The molecule has 2 aromatic rings. The molecule has 3 rings (SSSR count). The van der Waals surface area contributed by atoms with E-state index in [4.69, 9.17) is 0 Å². The molecule has 9 heteroatoms. The third kappa shape index (κ3) is 5.67. The van der Waals surface area contributed by atoms with Crippen LogP contribution in [0.25, 0.3) is 0 Å². The Kier molecular flexibility index (Phi) is 7.40. The zero-order valence-electron chi connectivity index (χ0n) is 15.3. The maximum absolute atomic E-state index is 12.9. The van der Waals surface area contributed by atoms with Gasteiger partial charge in [0.05, 0.1) is 4.90 Å². The second-order valence-corrected chi connectivity index (χ2v) is 8.37. The highest BCUT2D eigenvalue weighted by molar-refractivity contribution is 7.92. The van der Waals surface area contributed by atoms with Crippen molar-refractivity contribution in [2.24, 2.45) is 0 Å². The Labute approximate surface area is 170 Å². The SMILES string of the molecule is CC1CC(NC(=O)c2ccc(S(=O)(=O)Nc3ccc(F)cc3)cc2)CCN1.Cl. The molecular formula is C19H23ClFN3O3S. The summed E-state index contributed by atoms with van der Waals surface area (Å²) in [5, 5.41) is 6.32. The van der Waals surface area contributed by atoms with Gasteiger partial charge in [0.25, 0.3) is 15.9 Å². The molecule has 28 heavy (non-hydrogen) atoms. The molecule has 0 radical (unpaired) electrons. The summed E-state index contributed by atoms with van der Waals surface area (Å²) in [6.07, 6.45) is 1.73. The molecule has 3 N–H and O–H groups in total. The zero-order chi connectivity index (χ0) is 19.4. The number of carbonyl (C=O) groups is 1. The van der Waals surface area contributed by atoms with Crippen molar-refractivity contribution in [2.45, 2.75) is 36.7 Å². The molecule has 0 saturated carbocycles. The van der Waals surface area contributed by atoms with Gasteiger partial charge in [-0.3, -0.25) is 9.52 Å². The third-order valence-corrected chi connectivity index (χ3v) is 5.88. The molecule has 0 aliphatic carbocycles. The van der Waals surface area contributed by atoms with Gasteiger partial charge in [0.15, 0.2) is 0 Å². The Bertz CT molecular complexity index is 905. The van der Waals surface area contributed by atoms with Gasteiger partial charge >= 0.3 is 0 Å². The van der Waals surface area contributed by atoms with Gasteiger partial charge in [-0.1, -0.05) is 0 Å². The van der Waals surface area contributed by atoms with Crippen LogP contribution in [0.15, 0.2) is 53.4 Å². The van der Waals surface area contributed by atoms with E-state index in [2.05, 4.69) is 22.3 Å². The van der Waals surface area contributed by atoms with Crippen LogP contribution in [0.3, 0.4) is 0 Å². The number of hydrogen-bond acceptors (Lipinski definition) is 4. The first-order valence-electron chi connectivity index (χ1n) is 8.76. The van der Waals surface area contributed by atoms with Gasteiger partial charge in [0.1, 0.15) is 5.82 Å². The molecular weight excluding hydrogens is 405 g/mol. The minimum absolute atomic E-state index is 0. The standard InChI is InChI=1S/C19H22FN3O3S.ClH/c1-13-12-17(10-11-21-13)22-19(24)14-2-8-18(9-3-14)27(25,26)23-16-6-4-15(20)5-7-16;/h2-9,13,17,21,23H,10-12H2,1H3,(H,22,24);1H. The van der Waals surface area contributed by atoms with Crippen molar-refractivity contribution in [3.05, 3.63) is 59.9 Å². The van der Waals surface area contributed by atoms with Crippen molar-refractivity contribution in [3.8, 4) is 0 Å². The van der Waals surface area contributed by atoms with Crippen LogP contribution in [-0.2, 0) is 10.0 Å². The Morgan fingerprint density at radius 3 is 2.36 bits per heavy atom. The zero-order valence-corrected chi connectivity index (χ0v) is 16.9. The predicted octanol–water partition coefficient (Wildman–Crippen LogP) is 2.92. The van der Waals surface area contributed by atoms with E-state index in [9.17, 15) is 17.6 Å². The van der Waals surface area contributed by atoms with Gasteiger partial charge in [0.2, 0.25) is 0 Å². The largest absolute Gasteiger partial charge is 0.349 e. The number of rotatable bonds is 5. The summed E-state index contributed by atoms with van der Waals surface area (Å²) in [5.41, 5.74) is 0.667. The average Bonchev–Trinajstić information content (AvgIpc) is 2.63. The molecule has 1 aliphatic heterocycles. The molecule has 0 bridgehead atoms. The molecule has 1 aliphatic rings. The summed E-state index contributed by atoms with van der Waals surface area (Å²) >= 11 is 0. The molecule has 1 saturated heterocycles. The van der Waals surface area contributed by atoms with Gasteiger partial charge < -0.3 is 10.6 Å². The number of hydrogen-bond donors (Lipinski definition) is 3. The number of anilines is 1. The highest BCUT2D eigenvalue weighted by Gasteiger charge is 2.21. The van der Waals surface area contributed by atoms with Gasteiger partial charge in [-0.05, 0) is 74.8 Å². The van der Waals surface area contributed by atoms with Crippen LogP contribution in [0.5, 0.6) is 0 Å². The maximum atomic E-state index is 12.9. The summed E-state index contributed by atoms with van der Waals surface area (Å²) in [6.45, 7) is 2.93. The maximum Gasteiger partial charge on any atom is 0.261 e. The quantitative estimate of drug-likeness (QED) is 0.684. The van der Waals surface area contributed by atoms with Crippen molar-refractivity contribution in [1.29, 1.82) is 0 Å². The lowest BCUT2D eigenvalue weighted by molar-refractivity contribution is 0.0925. The minimum Gasteiger partial charge on any atom is -0.349 e. The van der Waals surface area contributed by atoms with Crippen molar-refractivity contribution in [2.75, 3.05) is 11.3 Å². The van der Waals surface area contributed by atoms with Gasteiger partial charge in [-0.15, -0.1) is 12.4 Å². The van der Waals surface area contributed by atoms with E-state index in [1.165, 1.54) is 48.5 Å². The minimum atomic E-state index is -3.82. The Morgan fingerprint density at radius 1 is 1.11 bits per heavy atom. The Hall–Kier alpha value is -2.16. The van der Waals surface area contributed by atoms with E-state index >= 15 is 0 Å². The van der Waals surface area contributed by atoms with Crippen LogP contribution in [0.1, 0.15) is 30.1 Å². The molecule has 1 amide bonds. The number of benzene rings is 2. The van der Waals surface area contributed by atoms with Gasteiger partial charge in [-0.2, -0.15) is 0 Å². The first kappa shape index (κ1) is 22.1. The number of halogens is 2. The van der Waals surface area contributed by atoms with Crippen LogP contribution in [0.2, 0.25) is 0 Å². The monoisotopic (exact) mass is 427 g/mol. The molecule has 0 aromatic heterocycles. The summed E-state index contributed by atoms with van der Waals surface area (Å²) < 4.78 is 40.1. The van der Waals surface area contributed by atoms with E-state index in [1.54, 1.807) is 0 Å². The lowest BCUT2D eigenvalue weighted by Gasteiger charge is -2.28. The van der Waals surface area contributed by atoms with E-state index in [0.29, 0.717) is 11.6 Å². The number of carbonyl (C=O) groups excluding carboxylic acids is 1. The van der Waals surface area contributed by atoms with E-state index in [-0.39, 0.29) is 34.9 Å². The molecule has 1 heterocycles. The summed E-state index contributed by atoms with van der Waals surface area (Å²) in [6, 6.07) is 11.2. The van der Waals surface area contributed by atoms with Crippen LogP contribution in [-0.4, -0.2) is 33.0 Å². The molecule has 6 nitrogen and oxygen atoms in total. The van der Waals surface area contributed by atoms with Crippen molar-refractivity contribution in [1.82, 2.24) is 10.6 Å². The second kappa shape index (κ2) is 9.36. The second-order valence-electron chi connectivity index (χ2n) is 6.69. The van der Waals surface area contributed by atoms with Gasteiger partial charge in [0, 0.05) is 23.3 Å². The van der Waals surface area contributed by atoms with E-state index in [0.717, 1.165) is 19.4 Å². The summed E-state index contributed by atoms with van der Waals surface area (Å²) in [4.78, 5) is 12.4. The topological polar surface area (TPSA) is 87.3 Å². The first-order chi connectivity index (χ1) is 12.8. The molecule has 1 fully saturated rings. The predicted molar refractivity (Wildman–Crippen MR) is 109 cm³/mol. The fraction of sp³-hybridized carbons (Fsp3) is 0.316. The number of amides is 1. The Morgan fingerprint density at radius 2 is 1.75 bits per heavy atom. The summed E-state index contributed by atoms with van der Waals surface area (Å²) in [7, 11) is -3.82. The van der Waals surface area contributed by atoms with Crippen LogP contribution in [0, 0.1) is 5.82 Å². The lowest BCUT2D eigenvalue weighted by atomic mass is 10.0. The smallest absolute Gasteiger partial charge is 0.261 e. The van der Waals surface area contributed by atoms with Gasteiger partial charge in [-0.25, -0.2) is 12.8 Å². The van der Waals surface area contributed by atoms with Crippen LogP contribution >= 0.6 is 12.4 Å². The van der Waals surface area contributed by atoms with E-state index in [1.807, 2.05) is 0 Å². The summed E-state index contributed by atoms with van der Waals surface area (Å²) in [5.74, 6) is -0.666. The van der Waals surface area contributed by atoms with E-state index < -0.39 is 15.8 Å². The Balaban J connectivity index is 0.00000280. The highest BCUT2D eigenvalue weighted by Crippen LogP contribution is 2.17. The molecule has 2 aromatic carbocycles. The third-order valence-electron chi connectivity index (χ3n) is 4.48. The number of piperidine rings is 1. The number of sulfonamides is 1. The molecule has 2 unspecified atom stereocenters.